The van der Waals surface area contributed by atoms with Gasteiger partial charge in [0.05, 0.1) is 0 Å². The van der Waals surface area contributed by atoms with Crippen molar-refractivity contribution >= 4 is 34.3 Å². The summed E-state index contributed by atoms with van der Waals surface area (Å²) >= 11 is 0.434. The SMILES string of the molecule is C[C@H](Oc1ccc2ccc(=O)oc2c1)C(=O)Nc1ccc(SC(F)F)cc1. The molecule has 0 spiro atoms. The maximum Gasteiger partial charge on any atom is 0.336 e. The summed E-state index contributed by atoms with van der Waals surface area (Å²) in [5.74, 6) is -2.52. The molecule has 8 heteroatoms. The van der Waals surface area contributed by atoms with Gasteiger partial charge in [0.2, 0.25) is 0 Å². The Morgan fingerprint density at radius 1 is 1.11 bits per heavy atom. The summed E-state index contributed by atoms with van der Waals surface area (Å²) in [6.45, 7) is 1.57. The van der Waals surface area contributed by atoms with Gasteiger partial charge in [0.1, 0.15) is 11.3 Å². The highest BCUT2D eigenvalue weighted by Crippen LogP contribution is 2.26. The number of fused-ring (bicyclic) bond motifs is 1. The fraction of sp³-hybridized carbons (Fsp3) is 0.158. The molecule has 0 unspecified atom stereocenters. The van der Waals surface area contributed by atoms with E-state index in [0.29, 0.717) is 33.7 Å². The Kier molecular flexibility index (Phi) is 5.75. The fourth-order valence-electron chi connectivity index (χ4n) is 2.34. The first kappa shape index (κ1) is 18.9. The van der Waals surface area contributed by atoms with Crippen molar-refractivity contribution < 1.29 is 22.7 Å². The molecule has 1 atom stereocenters. The molecule has 1 heterocycles. The molecular formula is C19H15F2NO4S. The van der Waals surface area contributed by atoms with Crippen molar-refractivity contribution in [3.8, 4) is 5.75 Å². The number of hydrogen-bond donors (Lipinski definition) is 1. The van der Waals surface area contributed by atoms with Crippen molar-refractivity contribution in [3.63, 3.8) is 0 Å². The molecule has 1 aromatic heterocycles. The van der Waals surface area contributed by atoms with E-state index in [-0.39, 0.29) is 0 Å². The van der Waals surface area contributed by atoms with Crippen LogP contribution in [0.2, 0.25) is 0 Å². The van der Waals surface area contributed by atoms with Crippen molar-refractivity contribution in [2.45, 2.75) is 23.7 Å². The molecular weight excluding hydrogens is 376 g/mol. The molecule has 1 amide bonds. The lowest BCUT2D eigenvalue weighted by atomic mass is 10.2. The first-order valence-electron chi connectivity index (χ1n) is 7.97. The second kappa shape index (κ2) is 8.22. The molecule has 0 radical (unpaired) electrons. The van der Waals surface area contributed by atoms with Gasteiger partial charge in [-0.2, -0.15) is 8.78 Å². The monoisotopic (exact) mass is 391 g/mol. The lowest BCUT2D eigenvalue weighted by Crippen LogP contribution is -2.30. The average Bonchev–Trinajstić information content (AvgIpc) is 2.62. The minimum Gasteiger partial charge on any atom is -0.481 e. The molecule has 0 aliphatic rings. The van der Waals surface area contributed by atoms with Gasteiger partial charge in [-0.25, -0.2) is 4.79 Å². The number of thioether (sulfide) groups is 1. The highest BCUT2D eigenvalue weighted by Gasteiger charge is 2.15. The van der Waals surface area contributed by atoms with Crippen molar-refractivity contribution in [2.24, 2.45) is 0 Å². The highest BCUT2D eigenvalue weighted by molar-refractivity contribution is 7.99. The molecule has 3 aromatic rings. The van der Waals surface area contributed by atoms with Crippen LogP contribution in [0.4, 0.5) is 14.5 Å². The fourth-order valence-corrected chi connectivity index (χ4v) is 2.83. The van der Waals surface area contributed by atoms with E-state index in [9.17, 15) is 18.4 Å². The Hall–Kier alpha value is -2.87. The average molecular weight is 391 g/mol. The number of alkyl halides is 2. The number of anilines is 1. The van der Waals surface area contributed by atoms with E-state index in [0.717, 1.165) is 5.39 Å². The van der Waals surface area contributed by atoms with E-state index in [1.165, 1.54) is 24.3 Å². The smallest absolute Gasteiger partial charge is 0.336 e. The number of nitrogens with one attached hydrogen (secondary N) is 1. The minimum atomic E-state index is -2.50. The van der Waals surface area contributed by atoms with E-state index in [2.05, 4.69) is 5.32 Å². The molecule has 140 valence electrons. The Morgan fingerprint density at radius 2 is 1.81 bits per heavy atom. The van der Waals surface area contributed by atoms with Crippen LogP contribution in [0, 0.1) is 0 Å². The summed E-state index contributed by atoms with van der Waals surface area (Å²) < 4.78 is 35.3. The van der Waals surface area contributed by atoms with Gasteiger partial charge >= 0.3 is 5.63 Å². The summed E-state index contributed by atoms with van der Waals surface area (Å²) in [4.78, 5) is 24.0. The minimum absolute atomic E-state index is 0.361. The summed E-state index contributed by atoms with van der Waals surface area (Å²) in [6.07, 6.45) is -0.826. The number of benzene rings is 2. The highest BCUT2D eigenvalue weighted by atomic mass is 32.2. The van der Waals surface area contributed by atoms with Crippen LogP contribution in [0.25, 0.3) is 11.0 Å². The maximum atomic E-state index is 12.3. The maximum absolute atomic E-state index is 12.3. The second-order valence-corrected chi connectivity index (χ2v) is 6.67. The molecule has 0 fully saturated rings. The zero-order chi connectivity index (χ0) is 19.4. The quantitative estimate of drug-likeness (QED) is 0.494. The van der Waals surface area contributed by atoms with E-state index in [4.69, 9.17) is 9.15 Å². The number of halogens is 2. The van der Waals surface area contributed by atoms with Crippen LogP contribution < -0.4 is 15.7 Å². The number of rotatable bonds is 6. The largest absolute Gasteiger partial charge is 0.481 e. The summed E-state index contributed by atoms with van der Waals surface area (Å²) in [5, 5.41) is 3.39. The molecule has 0 bridgehead atoms. The van der Waals surface area contributed by atoms with Crippen LogP contribution in [0.5, 0.6) is 5.75 Å². The molecule has 2 aromatic carbocycles. The lowest BCUT2D eigenvalue weighted by Gasteiger charge is -2.15. The predicted octanol–water partition coefficient (Wildman–Crippen LogP) is 4.51. The number of amides is 1. The van der Waals surface area contributed by atoms with E-state index in [1.807, 2.05) is 0 Å². The predicted molar refractivity (Wildman–Crippen MR) is 99.5 cm³/mol. The van der Waals surface area contributed by atoms with Crippen molar-refractivity contribution in [1.29, 1.82) is 0 Å². The van der Waals surface area contributed by atoms with Gasteiger partial charge in [0.25, 0.3) is 11.7 Å². The summed E-state index contributed by atoms with van der Waals surface area (Å²) in [6, 6.07) is 14.0. The first-order valence-corrected chi connectivity index (χ1v) is 8.85. The zero-order valence-corrected chi connectivity index (χ0v) is 15.0. The molecule has 0 aliphatic heterocycles. The van der Waals surface area contributed by atoms with Crippen LogP contribution in [0.3, 0.4) is 0 Å². The van der Waals surface area contributed by atoms with Crippen LogP contribution in [-0.4, -0.2) is 17.8 Å². The molecule has 5 nitrogen and oxygen atoms in total. The summed E-state index contributed by atoms with van der Waals surface area (Å²) in [5.41, 5.74) is 0.359. The van der Waals surface area contributed by atoms with E-state index < -0.39 is 23.4 Å². The lowest BCUT2D eigenvalue weighted by molar-refractivity contribution is -0.122. The molecule has 0 saturated heterocycles. The molecule has 0 aliphatic carbocycles. The summed E-state index contributed by atoms with van der Waals surface area (Å²) in [7, 11) is 0. The third kappa shape index (κ3) is 5.07. The van der Waals surface area contributed by atoms with E-state index in [1.54, 1.807) is 37.3 Å². The third-order valence-electron chi connectivity index (χ3n) is 3.62. The normalized spacial score (nSPS) is 12.1. The Morgan fingerprint density at radius 3 is 2.52 bits per heavy atom. The van der Waals surface area contributed by atoms with Gasteiger partial charge in [-0.15, -0.1) is 0 Å². The van der Waals surface area contributed by atoms with Gasteiger partial charge in [-0.3, -0.25) is 4.79 Å². The van der Waals surface area contributed by atoms with Crippen molar-refractivity contribution in [1.82, 2.24) is 0 Å². The van der Waals surface area contributed by atoms with Crippen LogP contribution in [-0.2, 0) is 4.79 Å². The van der Waals surface area contributed by atoms with Crippen molar-refractivity contribution in [2.75, 3.05) is 5.32 Å². The Labute approximate surface area is 157 Å². The van der Waals surface area contributed by atoms with Crippen molar-refractivity contribution in [3.05, 3.63) is 65.0 Å². The zero-order valence-electron chi connectivity index (χ0n) is 14.1. The first-order chi connectivity index (χ1) is 12.9. The third-order valence-corrected chi connectivity index (χ3v) is 4.35. The standard InChI is InChI=1S/C19H15F2NO4S/c1-11(18(24)22-13-4-7-15(8-5-13)27-19(20)21)25-14-6-2-12-3-9-17(23)26-16(12)10-14/h2-11,19H,1H3,(H,22,24)/t11-/m0/s1. The Bertz CT molecular complexity index is 1000. The van der Waals surface area contributed by atoms with Crippen LogP contribution in [0.15, 0.2) is 68.7 Å². The second-order valence-electron chi connectivity index (χ2n) is 5.61. The number of ether oxygens (including phenoxy) is 1. The topological polar surface area (TPSA) is 68.5 Å². The van der Waals surface area contributed by atoms with E-state index >= 15 is 0 Å². The van der Waals surface area contributed by atoms with Gasteiger partial charge in [0.15, 0.2) is 6.10 Å². The molecule has 1 N–H and O–H groups in total. The van der Waals surface area contributed by atoms with Gasteiger partial charge in [0, 0.05) is 28.1 Å². The molecule has 3 rings (SSSR count). The molecule has 27 heavy (non-hydrogen) atoms. The number of carbonyl (C=O) groups is 1. The Balaban J connectivity index is 1.64. The number of hydrogen-bond acceptors (Lipinski definition) is 5. The van der Waals surface area contributed by atoms with Gasteiger partial charge in [-0.1, -0.05) is 11.8 Å². The van der Waals surface area contributed by atoms with Gasteiger partial charge < -0.3 is 14.5 Å². The molecule has 0 saturated carbocycles. The number of carbonyl (C=O) groups excluding carboxylic acids is 1. The van der Waals surface area contributed by atoms with Crippen LogP contribution in [0.1, 0.15) is 6.92 Å². The van der Waals surface area contributed by atoms with Crippen LogP contribution >= 0.6 is 11.8 Å². The van der Waals surface area contributed by atoms with Gasteiger partial charge in [-0.05, 0) is 49.4 Å².